The third-order valence-electron chi connectivity index (χ3n) is 3.72. The third kappa shape index (κ3) is 4.66. The lowest BCUT2D eigenvalue weighted by molar-refractivity contribution is 0.0902. The molecule has 0 saturated carbocycles. The number of H-pyrrole nitrogens is 1. The van der Waals surface area contributed by atoms with Crippen LogP contribution in [0.5, 0.6) is 0 Å². The molecule has 1 heterocycles. The molecular formula is C18H23FN2O2. The van der Waals surface area contributed by atoms with Gasteiger partial charge in [0.05, 0.1) is 11.7 Å². The average molecular weight is 318 g/mol. The molecule has 0 aliphatic heterocycles. The molecular weight excluding hydrogens is 295 g/mol. The summed E-state index contributed by atoms with van der Waals surface area (Å²) in [5, 5.41) is 12.4. The van der Waals surface area contributed by atoms with E-state index in [-0.39, 0.29) is 17.1 Å². The van der Waals surface area contributed by atoms with Crippen molar-refractivity contribution in [2.75, 3.05) is 6.54 Å². The van der Waals surface area contributed by atoms with E-state index in [9.17, 15) is 14.3 Å². The van der Waals surface area contributed by atoms with E-state index < -0.39 is 6.10 Å². The maximum absolute atomic E-state index is 13.0. The third-order valence-corrected chi connectivity index (χ3v) is 3.72. The van der Waals surface area contributed by atoms with Crippen LogP contribution in [0.3, 0.4) is 0 Å². The lowest BCUT2D eigenvalue weighted by atomic mass is 9.87. The SMILES string of the molecule is CC(O)CC(C)(C)CNC(=O)c1c[nH]cc1-c1ccc(F)cc1. The molecule has 4 nitrogen and oxygen atoms in total. The molecule has 0 aliphatic rings. The molecule has 1 amide bonds. The van der Waals surface area contributed by atoms with E-state index in [2.05, 4.69) is 10.3 Å². The Hall–Kier alpha value is -2.14. The number of aromatic amines is 1. The molecule has 3 N–H and O–H groups in total. The second kappa shape index (κ2) is 6.96. The number of rotatable bonds is 6. The molecule has 1 atom stereocenters. The Labute approximate surface area is 135 Å². The lowest BCUT2D eigenvalue weighted by Crippen LogP contribution is -2.35. The summed E-state index contributed by atoms with van der Waals surface area (Å²) in [7, 11) is 0. The van der Waals surface area contributed by atoms with Crippen LogP contribution in [0.15, 0.2) is 36.7 Å². The van der Waals surface area contributed by atoms with Crippen molar-refractivity contribution < 1.29 is 14.3 Å². The van der Waals surface area contributed by atoms with Crippen LogP contribution in [0.25, 0.3) is 11.1 Å². The van der Waals surface area contributed by atoms with Gasteiger partial charge in [-0.2, -0.15) is 0 Å². The lowest BCUT2D eigenvalue weighted by Gasteiger charge is -2.26. The number of hydrogen-bond donors (Lipinski definition) is 3. The molecule has 1 aromatic carbocycles. The van der Waals surface area contributed by atoms with Crippen LogP contribution in [-0.2, 0) is 0 Å². The van der Waals surface area contributed by atoms with E-state index in [4.69, 9.17) is 0 Å². The molecule has 0 radical (unpaired) electrons. The Morgan fingerprint density at radius 2 is 1.96 bits per heavy atom. The van der Waals surface area contributed by atoms with Gasteiger partial charge in [-0.1, -0.05) is 26.0 Å². The number of aliphatic hydroxyl groups is 1. The summed E-state index contributed by atoms with van der Waals surface area (Å²) in [4.78, 5) is 15.4. The zero-order valence-electron chi connectivity index (χ0n) is 13.7. The molecule has 23 heavy (non-hydrogen) atoms. The summed E-state index contributed by atoms with van der Waals surface area (Å²) in [6.07, 6.45) is 3.55. The number of aliphatic hydroxyl groups excluding tert-OH is 1. The predicted molar refractivity (Wildman–Crippen MR) is 88.6 cm³/mol. The van der Waals surface area contributed by atoms with Crippen LogP contribution < -0.4 is 5.32 Å². The monoisotopic (exact) mass is 318 g/mol. The summed E-state index contributed by atoms with van der Waals surface area (Å²) in [6.45, 7) is 6.20. The van der Waals surface area contributed by atoms with Crippen molar-refractivity contribution in [3.63, 3.8) is 0 Å². The van der Waals surface area contributed by atoms with Gasteiger partial charge in [0.1, 0.15) is 5.82 Å². The minimum Gasteiger partial charge on any atom is -0.393 e. The van der Waals surface area contributed by atoms with E-state index in [0.29, 0.717) is 18.5 Å². The van der Waals surface area contributed by atoms with E-state index in [1.165, 1.54) is 12.1 Å². The van der Waals surface area contributed by atoms with Gasteiger partial charge in [0.2, 0.25) is 0 Å². The summed E-state index contributed by atoms with van der Waals surface area (Å²) in [5.74, 6) is -0.501. The Bertz CT molecular complexity index is 660. The highest BCUT2D eigenvalue weighted by Gasteiger charge is 2.22. The van der Waals surface area contributed by atoms with Crippen molar-refractivity contribution in [2.45, 2.75) is 33.3 Å². The number of benzene rings is 1. The number of carbonyl (C=O) groups is 1. The van der Waals surface area contributed by atoms with Gasteiger partial charge < -0.3 is 15.4 Å². The van der Waals surface area contributed by atoms with Gasteiger partial charge in [-0.3, -0.25) is 4.79 Å². The molecule has 0 fully saturated rings. The van der Waals surface area contributed by atoms with Crippen LogP contribution in [0, 0.1) is 11.2 Å². The minimum atomic E-state index is -0.413. The first kappa shape index (κ1) is 17.2. The van der Waals surface area contributed by atoms with Gasteiger partial charge >= 0.3 is 0 Å². The molecule has 124 valence electrons. The smallest absolute Gasteiger partial charge is 0.253 e. The highest BCUT2D eigenvalue weighted by Crippen LogP contribution is 2.25. The van der Waals surface area contributed by atoms with Crippen molar-refractivity contribution in [3.8, 4) is 11.1 Å². The zero-order valence-corrected chi connectivity index (χ0v) is 13.7. The fraction of sp³-hybridized carbons (Fsp3) is 0.389. The standard InChI is InChI=1S/C18H23FN2O2/c1-12(22)8-18(2,3)11-21-17(23)16-10-20-9-15(16)13-4-6-14(19)7-5-13/h4-7,9-10,12,20,22H,8,11H2,1-3H3,(H,21,23). The second-order valence-corrected chi connectivity index (χ2v) is 6.69. The fourth-order valence-corrected chi connectivity index (χ4v) is 2.71. The summed E-state index contributed by atoms with van der Waals surface area (Å²) < 4.78 is 13.0. The number of hydrogen-bond acceptors (Lipinski definition) is 2. The van der Waals surface area contributed by atoms with Crippen LogP contribution in [-0.4, -0.2) is 28.6 Å². The van der Waals surface area contributed by atoms with E-state index >= 15 is 0 Å². The maximum Gasteiger partial charge on any atom is 0.253 e. The van der Waals surface area contributed by atoms with Gasteiger partial charge in [0, 0.05) is 24.5 Å². The van der Waals surface area contributed by atoms with Crippen molar-refractivity contribution in [3.05, 3.63) is 48.0 Å². The summed E-state index contributed by atoms with van der Waals surface area (Å²) >= 11 is 0. The van der Waals surface area contributed by atoms with E-state index in [1.54, 1.807) is 31.5 Å². The first-order valence-corrected chi connectivity index (χ1v) is 7.67. The highest BCUT2D eigenvalue weighted by atomic mass is 19.1. The topological polar surface area (TPSA) is 65.1 Å². The first-order valence-electron chi connectivity index (χ1n) is 7.67. The Morgan fingerprint density at radius 3 is 2.57 bits per heavy atom. The normalized spacial score (nSPS) is 12.9. The molecule has 0 saturated heterocycles. The van der Waals surface area contributed by atoms with Crippen molar-refractivity contribution in [1.82, 2.24) is 10.3 Å². The number of halogens is 1. The van der Waals surface area contributed by atoms with E-state index in [0.717, 1.165) is 11.1 Å². The molecule has 1 aromatic heterocycles. The molecule has 0 aliphatic carbocycles. The van der Waals surface area contributed by atoms with Crippen molar-refractivity contribution in [2.24, 2.45) is 5.41 Å². The van der Waals surface area contributed by atoms with E-state index in [1.807, 2.05) is 13.8 Å². The fourth-order valence-electron chi connectivity index (χ4n) is 2.71. The second-order valence-electron chi connectivity index (χ2n) is 6.69. The molecule has 2 rings (SSSR count). The quantitative estimate of drug-likeness (QED) is 0.765. The number of aromatic nitrogens is 1. The Kier molecular flexibility index (Phi) is 5.21. The average Bonchev–Trinajstić information content (AvgIpc) is 2.94. The van der Waals surface area contributed by atoms with Crippen molar-refractivity contribution >= 4 is 5.91 Å². The van der Waals surface area contributed by atoms with Gasteiger partial charge in [-0.25, -0.2) is 4.39 Å². The van der Waals surface area contributed by atoms with Crippen LogP contribution in [0.1, 0.15) is 37.6 Å². The summed E-state index contributed by atoms with van der Waals surface area (Å²) in [5.41, 5.74) is 1.83. The van der Waals surface area contributed by atoms with Crippen LogP contribution >= 0.6 is 0 Å². The molecule has 0 spiro atoms. The molecule has 1 unspecified atom stereocenters. The largest absolute Gasteiger partial charge is 0.393 e. The van der Waals surface area contributed by atoms with Gasteiger partial charge in [0.15, 0.2) is 0 Å². The molecule has 5 heteroatoms. The minimum absolute atomic E-state index is 0.191. The van der Waals surface area contributed by atoms with Gasteiger partial charge in [-0.15, -0.1) is 0 Å². The highest BCUT2D eigenvalue weighted by molar-refractivity contribution is 6.00. The number of carbonyl (C=O) groups excluding carboxylic acids is 1. The Morgan fingerprint density at radius 1 is 1.30 bits per heavy atom. The number of nitrogens with one attached hydrogen (secondary N) is 2. The number of amides is 1. The van der Waals surface area contributed by atoms with Crippen LogP contribution in [0.4, 0.5) is 4.39 Å². The molecule has 0 bridgehead atoms. The maximum atomic E-state index is 13.0. The van der Waals surface area contributed by atoms with Gasteiger partial charge in [0.25, 0.3) is 5.91 Å². The predicted octanol–water partition coefficient (Wildman–Crippen LogP) is 3.35. The zero-order chi connectivity index (χ0) is 17.0. The Balaban J connectivity index is 2.09. The summed E-state index contributed by atoms with van der Waals surface area (Å²) in [6, 6.07) is 6.03. The first-order chi connectivity index (χ1) is 10.8. The van der Waals surface area contributed by atoms with Crippen molar-refractivity contribution in [1.29, 1.82) is 0 Å². The van der Waals surface area contributed by atoms with Gasteiger partial charge in [-0.05, 0) is 36.5 Å². The van der Waals surface area contributed by atoms with Crippen LogP contribution in [0.2, 0.25) is 0 Å². The molecule has 2 aromatic rings.